The van der Waals surface area contributed by atoms with Crippen LogP contribution in [0, 0.1) is 0 Å². The van der Waals surface area contributed by atoms with Crippen molar-refractivity contribution in [1.82, 2.24) is 5.32 Å². The molecule has 2 rings (SSSR count). The highest BCUT2D eigenvalue weighted by Crippen LogP contribution is 2.31. The summed E-state index contributed by atoms with van der Waals surface area (Å²) < 4.78 is 23.0. The van der Waals surface area contributed by atoms with Crippen molar-refractivity contribution in [2.75, 3.05) is 19.8 Å². The Kier molecular flexibility index (Phi) is 63.8. The fraction of sp³-hybridized carbons (Fsp3) is 0.940. The third-order valence-electron chi connectivity index (χ3n) is 20.9. The molecule has 0 spiro atoms. The zero-order chi connectivity index (χ0) is 70.1. The molecule has 0 aromatic carbocycles. The number of rotatable bonds is 72. The number of carbonyl (C=O) groups is 1. The summed E-state index contributed by atoms with van der Waals surface area (Å²) in [6.45, 7) is 2.93. The van der Waals surface area contributed by atoms with Gasteiger partial charge in [-0.2, -0.15) is 0 Å². The van der Waals surface area contributed by atoms with Crippen molar-refractivity contribution in [3.63, 3.8) is 0 Å². The van der Waals surface area contributed by atoms with Crippen LogP contribution in [0.25, 0.3) is 0 Å². The number of carbonyl (C=O) groups excluding carboxylic acids is 1. The van der Waals surface area contributed by atoms with Gasteiger partial charge in [0.15, 0.2) is 12.6 Å². The molecule has 12 atom stereocenters. The molecule has 2 saturated heterocycles. The fourth-order valence-corrected chi connectivity index (χ4v) is 14.3. The average Bonchev–Trinajstić information content (AvgIpc) is 0.794. The van der Waals surface area contributed by atoms with Gasteiger partial charge in [0.25, 0.3) is 0 Å². The number of aliphatic hydroxyl groups excluding tert-OH is 8. The van der Waals surface area contributed by atoms with Gasteiger partial charge in [-0.25, -0.2) is 0 Å². The first-order chi connectivity index (χ1) is 47.6. The van der Waals surface area contributed by atoms with E-state index in [4.69, 9.17) is 18.9 Å². The smallest absolute Gasteiger partial charge is 0.220 e. The molecule has 14 heteroatoms. The number of aliphatic hydroxyl groups is 8. The second-order valence-corrected chi connectivity index (χ2v) is 30.0. The van der Waals surface area contributed by atoms with Crippen LogP contribution in [0.2, 0.25) is 0 Å². The second kappa shape index (κ2) is 67.6. The number of amides is 1. The lowest BCUT2D eigenvalue weighted by molar-refractivity contribution is -0.359. The Balaban J connectivity index is 1.58. The zero-order valence-electron chi connectivity index (χ0n) is 63.1. The van der Waals surface area contributed by atoms with Crippen molar-refractivity contribution in [2.45, 2.75) is 479 Å². The van der Waals surface area contributed by atoms with E-state index < -0.39 is 86.8 Å². The van der Waals surface area contributed by atoms with Crippen LogP contribution in [-0.2, 0) is 23.7 Å². The van der Waals surface area contributed by atoms with Crippen LogP contribution in [0.15, 0.2) is 24.3 Å². The van der Waals surface area contributed by atoms with Gasteiger partial charge in [-0.05, 0) is 44.9 Å². The maximum atomic E-state index is 13.4. The summed E-state index contributed by atoms with van der Waals surface area (Å²) in [5.41, 5.74) is 0. The number of allylic oxidation sites excluding steroid dienone is 4. The van der Waals surface area contributed by atoms with Crippen LogP contribution in [0.5, 0.6) is 0 Å². The maximum Gasteiger partial charge on any atom is 0.220 e. The van der Waals surface area contributed by atoms with Gasteiger partial charge in [0, 0.05) is 6.42 Å². The topological polar surface area (TPSA) is 228 Å². The van der Waals surface area contributed by atoms with Gasteiger partial charge >= 0.3 is 0 Å². The minimum Gasteiger partial charge on any atom is -0.394 e. The molecule has 0 aliphatic carbocycles. The highest BCUT2D eigenvalue weighted by Gasteiger charge is 2.51. The molecule has 0 aromatic heterocycles. The Morgan fingerprint density at radius 2 is 0.680 bits per heavy atom. The summed E-state index contributed by atoms with van der Waals surface area (Å²) in [7, 11) is 0. The van der Waals surface area contributed by atoms with Crippen molar-refractivity contribution < 1.29 is 64.6 Å². The zero-order valence-corrected chi connectivity index (χ0v) is 63.1. The van der Waals surface area contributed by atoms with Crippen molar-refractivity contribution in [2.24, 2.45) is 0 Å². The van der Waals surface area contributed by atoms with Crippen molar-refractivity contribution in [3.8, 4) is 0 Å². The van der Waals surface area contributed by atoms with Crippen molar-refractivity contribution >= 4 is 5.91 Å². The molecule has 0 bridgehead atoms. The Bertz CT molecular complexity index is 1720. The first-order valence-electron chi connectivity index (χ1n) is 42.1. The van der Waals surface area contributed by atoms with Gasteiger partial charge in [-0.1, -0.05) is 378 Å². The van der Waals surface area contributed by atoms with Crippen LogP contribution >= 0.6 is 0 Å². The molecular weight excluding hydrogens is 1220 g/mol. The largest absolute Gasteiger partial charge is 0.394 e. The lowest BCUT2D eigenvalue weighted by Gasteiger charge is -2.46. The van der Waals surface area contributed by atoms with E-state index in [1.54, 1.807) is 0 Å². The van der Waals surface area contributed by atoms with Crippen LogP contribution in [0.3, 0.4) is 0 Å². The first-order valence-corrected chi connectivity index (χ1v) is 42.1. The molecule has 2 fully saturated rings. The third kappa shape index (κ3) is 50.5. The first kappa shape index (κ1) is 91.6. The molecule has 0 radical (unpaired) electrons. The van der Waals surface area contributed by atoms with Gasteiger partial charge < -0.3 is 65.1 Å². The molecule has 0 saturated carbocycles. The van der Waals surface area contributed by atoms with Gasteiger partial charge in [0.1, 0.15) is 48.8 Å². The van der Waals surface area contributed by atoms with E-state index in [0.717, 1.165) is 57.8 Å². The lowest BCUT2D eigenvalue weighted by atomic mass is 9.97. The predicted octanol–water partition coefficient (Wildman–Crippen LogP) is 19.4. The van der Waals surface area contributed by atoms with Crippen LogP contribution in [0.1, 0.15) is 406 Å². The minimum atomic E-state index is -1.78. The van der Waals surface area contributed by atoms with Crippen LogP contribution < -0.4 is 5.32 Å². The van der Waals surface area contributed by atoms with Crippen LogP contribution in [0.4, 0.5) is 0 Å². The van der Waals surface area contributed by atoms with E-state index in [1.165, 1.54) is 321 Å². The highest BCUT2D eigenvalue weighted by molar-refractivity contribution is 5.76. The quantitative estimate of drug-likeness (QED) is 0.0204. The van der Waals surface area contributed by atoms with E-state index in [9.17, 15) is 45.6 Å². The molecular formula is C83H159NO13. The predicted molar refractivity (Wildman–Crippen MR) is 402 cm³/mol. The third-order valence-corrected chi connectivity index (χ3v) is 20.9. The molecule has 14 nitrogen and oxygen atoms in total. The number of nitrogens with one attached hydrogen (secondary N) is 1. The normalized spacial score (nSPS) is 22.2. The van der Waals surface area contributed by atoms with Gasteiger partial charge in [0.05, 0.1) is 32.0 Å². The highest BCUT2D eigenvalue weighted by atomic mass is 16.7. The average molecular weight is 1380 g/mol. The minimum absolute atomic E-state index is 0.197. The van der Waals surface area contributed by atoms with Gasteiger partial charge in [-0.3, -0.25) is 4.79 Å². The Morgan fingerprint density at radius 3 is 1.03 bits per heavy atom. The monoisotopic (exact) mass is 1380 g/mol. The van der Waals surface area contributed by atoms with E-state index in [1.807, 2.05) is 0 Å². The second-order valence-electron chi connectivity index (χ2n) is 30.0. The number of unbranched alkanes of at least 4 members (excludes halogenated alkanes) is 55. The fourth-order valence-electron chi connectivity index (χ4n) is 14.3. The Labute approximate surface area is 596 Å². The summed E-state index contributed by atoms with van der Waals surface area (Å²) in [4.78, 5) is 13.4. The molecule has 12 unspecified atom stereocenters. The summed E-state index contributed by atoms with van der Waals surface area (Å²) in [5, 5.41) is 87.9. The molecule has 2 aliphatic heterocycles. The molecule has 574 valence electrons. The Hall–Kier alpha value is -1.53. The van der Waals surface area contributed by atoms with Gasteiger partial charge in [0.2, 0.25) is 5.91 Å². The van der Waals surface area contributed by atoms with E-state index in [2.05, 4.69) is 43.5 Å². The molecule has 9 N–H and O–H groups in total. The maximum absolute atomic E-state index is 13.4. The summed E-state index contributed by atoms with van der Waals surface area (Å²) in [6, 6.07) is -0.828. The summed E-state index contributed by atoms with van der Waals surface area (Å²) >= 11 is 0. The number of hydrogen-bond donors (Lipinski definition) is 9. The number of hydrogen-bond acceptors (Lipinski definition) is 13. The van der Waals surface area contributed by atoms with E-state index in [-0.39, 0.29) is 12.5 Å². The molecule has 1 amide bonds. The summed E-state index contributed by atoms with van der Waals surface area (Å²) in [5.74, 6) is -0.197. The SMILES string of the molecule is CCCCCCC/C=C\C/C=C\CCCCCCCCCCCCCCCCCCCCCCCC(=O)NC(COC1OC(CO)C(OC2OC(CO)C(O)C(O)C2O)C(O)C1O)C(O)CCCCCCCCCCCCCCCCCCCCCCCCCCCCCCCC. The lowest BCUT2D eigenvalue weighted by Crippen LogP contribution is -2.65. The molecule has 2 heterocycles. The molecule has 0 aromatic rings. The van der Waals surface area contributed by atoms with Crippen molar-refractivity contribution in [3.05, 3.63) is 24.3 Å². The van der Waals surface area contributed by atoms with Crippen LogP contribution in [-0.4, -0.2) is 140 Å². The van der Waals surface area contributed by atoms with E-state index in [0.29, 0.717) is 12.8 Å². The standard InChI is InChI=1S/C83H159NO13/c1-3-5-7-9-11-13-15-17-19-21-23-25-27-29-31-33-35-36-37-39-41-43-45-47-49-51-53-55-57-59-61-63-65-67-75(88)84-71(70-94-82-80(93)78(91)81(74(69-86)96-82)97-83-79(92)77(90)76(89)73(68-85)95-83)72(87)66-64-62-60-58-56-54-52-50-48-46-44-42-40-38-34-32-30-28-26-24-22-20-18-16-14-12-10-8-6-4-2/h15,17,21,23,71-74,76-83,85-87,89-93H,3-14,16,18-20,22,24-70H2,1-2H3,(H,84,88)/b17-15-,23-21-. The molecule has 2 aliphatic rings. The van der Waals surface area contributed by atoms with Crippen molar-refractivity contribution in [1.29, 1.82) is 0 Å². The van der Waals surface area contributed by atoms with E-state index >= 15 is 0 Å². The number of ether oxygens (including phenoxy) is 4. The summed E-state index contributed by atoms with van der Waals surface area (Å²) in [6.07, 6.45) is 70.9. The Morgan fingerprint density at radius 1 is 0.371 bits per heavy atom. The molecule has 97 heavy (non-hydrogen) atoms. The van der Waals surface area contributed by atoms with Gasteiger partial charge in [-0.15, -0.1) is 0 Å².